The number of nitrogens with zero attached hydrogens (tertiary/aromatic N) is 1. The van der Waals surface area contributed by atoms with Gasteiger partial charge in [-0.15, -0.1) is 0 Å². The first-order valence-corrected chi connectivity index (χ1v) is 7.02. The molecule has 0 saturated carbocycles. The van der Waals surface area contributed by atoms with Crippen LogP contribution in [0, 0.1) is 5.82 Å². The third kappa shape index (κ3) is 4.74. The molecule has 0 unspecified atom stereocenters. The summed E-state index contributed by atoms with van der Waals surface area (Å²) >= 11 is 0. The van der Waals surface area contributed by atoms with E-state index in [0.717, 1.165) is 11.3 Å². The Kier molecular flexibility index (Phi) is 5.31. The molecule has 3 nitrogen and oxygen atoms in total. The monoisotopic (exact) mass is 298 g/mol. The van der Waals surface area contributed by atoms with Crippen molar-refractivity contribution in [1.82, 2.24) is 5.32 Å². The van der Waals surface area contributed by atoms with Crippen molar-refractivity contribution in [3.8, 4) is 0 Å². The highest BCUT2D eigenvalue weighted by Gasteiger charge is 1.99. The number of anilines is 1. The maximum atomic E-state index is 13.0. The van der Waals surface area contributed by atoms with Crippen molar-refractivity contribution in [3.63, 3.8) is 0 Å². The van der Waals surface area contributed by atoms with E-state index in [1.807, 2.05) is 43.3 Å². The van der Waals surface area contributed by atoms with Crippen LogP contribution in [0.3, 0.4) is 0 Å². The third-order valence-corrected chi connectivity index (χ3v) is 3.20. The second kappa shape index (κ2) is 7.41. The molecular weight excluding hydrogens is 279 g/mol. The number of rotatable bonds is 5. The Labute approximate surface area is 130 Å². The molecule has 0 aliphatic heterocycles. The van der Waals surface area contributed by atoms with E-state index in [1.165, 1.54) is 18.2 Å². The van der Waals surface area contributed by atoms with Crippen molar-refractivity contribution in [2.45, 2.75) is 6.54 Å². The van der Waals surface area contributed by atoms with Crippen molar-refractivity contribution in [2.75, 3.05) is 19.0 Å². The van der Waals surface area contributed by atoms with Gasteiger partial charge < -0.3 is 10.2 Å². The summed E-state index contributed by atoms with van der Waals surface area (Å²) in [6.45, 7) is 0.458. The Bertz CT molecular complexity index is 663. The van der Waals surface area contributed by atoms with Gasteiger partial charge in [-0.1, -0.05) is 24.3 Å². The maximum absolute atomic E-state index is 13.0. The molecule has 0 fully saturated rings. The molecule has 0 aromatic heterocycles. The highest BCUT2D eigenvalue weighted by atomic mass is 19.1. The third-order valence-electron chi connectivity index (χ3n) is 3.20. The van der Waals surface area contributed by atoms with Crippen LogP contribution < -0.4 is 10.2 Å². The van der Waals surface area contributed by atoms with E-state index >= 15 is 0 Å². The van der Waals surface area contributed by atoms with Gasteiger partial charge in [0, 0.05) is 32.4 Å². The number of benzene rings is 2. The summed E-state index contributed by atoms with van der Waals surface area (Å²) in [6.07, 6.45) is 3.00. The Hall–Kier alpha value is -2.62. The first-order chi connectivity index (χ1) is 10.5. The molecule has 1 N–H and O–H groups in total. The lowest BCUT2D eigenvalue weighted by Crippen LogP contribution is -2.20. The molecule has 0 spiro atoms. The molecule has 0 atom stereocenters. The first-order valence-electron chi connectivity index (χ1n) is 7.02. The predicted octanol–water partition coefficient (Wildman–Crippen LogP) is 3.22. The number of nitrogens with one attached hydrogen (secondary N) is 1. The lowest BCUT2D eigenvalue weighted by molar-refractivity contribution is -0.116. The van der Waals surface area contributed by atoms with Gasteiger partial charge in [0.1, 0.15) is 5.82 Å². The van der Waals surface area contributed by atoms with Gasteiger partial charge >= 0.3 is 0 Å². The molecular formula is C18H19FN2O. The van der Waals surface area contributed by atoms with E-state index in [0.29, 0.717) is 12.1 Å². The summed E-state index contributed by atoms with van der Waals surface area (Å²) in [7, 11) is 3.96. The van der Waals surface area contributed by atoms with Crippen LogP contribution in [0.2, 0.25) is 0 Å². The minimum absolute atomic E-state index is 0.207. The van der Waals surface area contributed by atoms with Crippen LogP contribution in [0.1, 0.15) is 11.1 Å². The number of halogens is 1. The van der Waals surface area contributed by atoms with Crippen LogP contribution in [-0.2, 0) is 11.3 Å². The molecule has 0 radical (unpaired) electrons. The highest BCUT2D eigenvalue weighted by Crippen LogP contribution is 2.12. The van der Waals surface area contributed by atoms with Crippen molar-refractivity contribution >= 4 is 17.7 Å². The lowest BCUT2D eigenvalue weighted by atomic mass is 10.2. The normalized spacial score (nSPS) is 10.7. The standard InChI is InChI=1S/C18H19FN2O/c1-21(2)17-9-6-15(7-10-17)13-20-18(22)11-8-14-4-3-5-16(19)12-14/h3-12H,13H2,1-2H3,(H,20,22)/b11-8+. The maximum Gasteiger partial charge on any atom is 0.244 e. The Morgan fingerprint density at radius 2 is 1.91 bits per heavy atom. The van der Waals surface area contributed by atoms with Crippen molar-refractivity contribution in [2.24, 2.45) is 0 Å². The minimum atomic E-state index is -0.316. The van der Waals surface area contributed by atoms with Crippen LogP contribution >= 0.6 is 0 Å². The van der Waals surface area contributed by atoms with E-state index in [1.54, 1.807) is 18.2 Å². The number of carbonyl (C=O) groups excluding carboxylic acids is 1. The molecule has 114 valence electrons. The smallest absolute Gasteiger partial charge is 0.244 e. The second-order valence-corrected chi connectivity index (χ2v) is 5.17. The van der Waals surface area contributed by atoms with E-state index in [-0.39, 0.29) is 11.7 Å². The van der Waals surface area contributed by atoms with Crippen LogP contribution in [0.4, 0.5) is 10.1 Å². The number of hydrogen-bond acceptors (Lipinski definition) is 2. The Morgan fingerprint density at radius 1 is 1.18 bits per heavy atom. The molecule has 22 heavy (non-hydrogen) atoms. The number of hydrogen-bond donors (Lipinski definition) is 1. The Morgan fingerprint density at radius 3 is 2.55 bits per heavy atom. The summed E-state index contributed by atoms with van der Waals surface area (Å²) in [5, 5.41) is 2.80. The van der Waals surface area contributed by atoms with Gasteiger partial charge in [0.2, 0.25) is 5.91 Å². The zero-order valence-electron chi connectivity index (χ0n) is 12.7. The van der Waals surface area contributed by atoms with Crippen LogP contribution in [0.25, 0.3) is 6.08 Å². The summed E-state index contributed by atoms with van der Waals surface area (Å²) in [6, 6.07) is 14.1. The summed E-state index contributed by atoms with van der Waals surface area (Å²) in [4.78, 5) is 13.8. The number of amides is 1. The van der Waals surface area contributed by atoms with Crippen molar-refractivity contribution in [3.05, 3.63) is 71.6 Å². The topological polar surface area (TPSA) is 32.3 Å². The van der Waals surface area contributed by atoms with Gasteiger partial charge in [-0.2, -0.15) is 0 Å². The van der Waals surface area contributed by atoms with Gasteiger partial charge in [-0.25, -0.2) is 4.39 Å². The van der Waals surface area contributed by atoms with Crippen LogP contribution in [0.5, 0.6) is 0 Å². The molecule has 0 aliphatic carbocycles. The molecule has 2 rings (SSSR count). The van der Waals surface area contributed by atoms with E-state index in [2.05, 4.69) is 5.32 Å². The molecule has 0 heterocycles. The van der Waals surface area contributed by atoms with Gasteiger partial charge in [0.05, 0.1) is 0 Å². The second-order valence-electron chi connectivity index (χ2n) is 5.17. The zero-order chi connectivity index (χ0) is 15.9. The fraction of sp³-hybridized carbons (Fsp3) is 0.167. The van der Waals surface area contributed by atoms with E-state index in [9.17, 15) is 9.18 Å². The van der Waals surface area contributed by atoms with Crippen molar-refractivity contribution < 1.29 is 9.18 Å². The fourth-order valence-electron chi connectivity index (χ4n) is 1.94. The van der Waals surface area contributed by atoms with E-state index in [4.69, 9.17) is 0 Å². The SMILES string of the molecule is CN(C)c1ccc(CNC(=O)/C=C/c2cccc(F)c2)cc1. The number of carbonyl (C=O) groups is 1. The van der Waals surface area contributed by atoms with Crippen molar-refractivity contribution in [1.29, 1.82) is 0 Å². The molecule has 2 aromatic carbocycles. The average Bonchev–Trinajstić information content (AvgIpc) is 2.51. The summed E-state index contributed by atoms with van der Waals surface area (Å²) in [5.41, 5.74) is 2.80. The molecule has 2 aromatic rings. The summed E-state index contributed by atoms with van der Waals surface area (Å²) < 4.78 is 13.0. The minimum Gasteiger partial charge on any atom is -0.378 e. The largest absolute Gasteiger partial charge is 0.378 e. The van der Waals surface area contributed by atoms with Crippen LogP contribution in [0.15, 0.2) is 54.6 Å². The molecule has 0 bridgehead atoms. The van der Waals surface area contributed by atoms with Gasteiger partial charge in [-0.3, -0.25) is 4.79 Å². The molecule has 0 saturated heterocycles. The van der Waals surface area contributed by atoms with Crippen LogP contribution in [-0.4, -0.2) is 20.0 Å². The highest BCUT2D eigenvalue weighted by molar-refractivity contribution is 5.91. The van der Waals surface area contributed by atoms with E-state index < -0.39 is 0 Å². The molecule has 1 amide bonds. The molecule has 0 aliphatic rings. The molecule has 4 heteroatoms. The Balaban J connectivity index is 1.87. The quantitative estimate of drug-likeness (QED) is 0.860. The predicted molar refractivity (Wildman–Crippen MR) is 88.0 cm³/mol. The van der Waals surface area contributed by atoms with Gasteiger partial charge in [0.15, 0.2) is 0 Å². The average molecular weight is 298 g/mol. The van der Waals surface area contributed by atoms with Gasteiger partial charge in [0.25, 0.3) is 0 Å². The first kappa shape index (κ1) is 15.8. The fourth-order valence-corrected chi connectivity index (χ4v) is 1.94. The zero-order valence-corrected chi connectivity index (χ0v) is 12.7. The van der Waals surface area contributed by atoms with Gasteiger partial charge in [-0.05, 0) is 41.5 Å². The summed E-state index contributed by atoms with van der Waals surface area (Å²) in [5.74, 6) is -0.524. The lowest BCUT2D eigenvalue weighted by Gasteiger charge is -2.12.